The average molecular weight is 350 g/mol. The van der Waals surface area contributed by atoms with Gasteiger partial charge >= 0.3 is 0 Å². The maximum Gasteiger partial charge on any atom is 0.224 e. The third-order valence-electron chi connectivity index (χ3n) is 3.85. The van der Waals surface area contributed by atoms with E-state index in [0.717, 1.165) is 27.5 Å². The Morgan fingerprint density at radius 1 is 1.04 bits per heavy atom. The second-order valence-electron chi connectivity index (χ2n) is 6.51. The van der Waals surface area contributed by atoms with Crippen molar-refractivity contribution in [3.63, 3.8) is 0 Å². The summed E-state index contributed by atoms with van der Waals surface area (Å²) in [5.41, 5.74) is 4.03. The molecule has 3 rings (SSSR count). The van der Waals surface area contributed by atoms with Gasteiger partial charge < -0.3 is 5.32 Å². The number of aromatic nitrogens is 1. The first kappa shape index (κ1) is 17.4. The third-order valence-corrected chi connectivity index (χ3v) is 4.87. The van der Waals surface area contributed by atoms with Gasteiger partial charge in [-0.1, -0.05) is 56.3 Å². The molecular formula is C21H22N2OS. The fourth-order valence-electron chi connectivity index (χ4n) is 2.66. The van der Waals surface area contributed by atoms with Crippen molar-refractivity contribution in [2.45, 2.75) is 27.2 Å². The van der Waals surface area contributed by atoms with E-state index in [9.17, 15) is 4.79 Å². The highest BCUT2D eigenvalue weighted by Crippen LogP contribution is 2.33. The summed E-state index contributed by atoms with van der Waals surface area (Å²) < 4.78 is 0. The standard InChI is InChI=1S/C21H22N2OS/c1-14(2)13-19(24)22-18-11-9-16(10-12-18)20-15(3)25-21(23-20)17-7-5-4-6-8-17/h4-12,14H,13H2,1-3H3,(H,22,24). The van der Waals surface area contributed by atoms with Crippen LogP contribution < -0.4 is 5.32 Å². The Morgan fingerprint density at radius 3 is 2.36 bits per heavy atom. The van der Waals surface area contributed by atoms with Gasteiger partial charge in [0.15, 0.2) is 0 Å². The molecule has 0 atom stereocenters. The Bertz CT molecular complexity index is 851. The zero-order valence-corrected chi connectivity index (χ0v) is 15.6. The Hall–Kier alpha value is -2.46. The van der Waals surface area contributed by atoms with Gasteiger partial charge in [0, 0.05) is 28.1 Å². The van der Waals surface area contributed by atoms with Crippen molar-refractivity contribution in [1.29, 1.82) is 0 Å². The van der Waals surface area contributed by atoms with Gasteiger partial charge in [-0.2, -0.15) is 0 Å². The van der Waals surface area contributed by atoms with Crippen LogP contribution in [0.3, 0.4) is 0 Å². The molecule has 1 aromatic heterocycles. The lowest BCUT2D eigenvalue weighted by atomic mass is 10.1. The smallest absolute Gasteiger partial charge is 0.224 e. The van der Waals surface area contributed by atoms with Crippen LogP contribution in [0, 0.1) is 12.8 Å². The van der Waals surface area contributed by atoms with Gasteiger partial charge in [-0.3, -0.25) is 4.79 Å². The van der Waals surface area contributed by atoms with E-state index in [4.69, 9.17) is 4.98 Å². The molecule has 0 aliphatic heterocycles. The summed E-state index contributed by atoms with van der Waals surface area (Å²) >= 11 is 1.70. The Morgan fingerprint density at radius 2 is 1.72 bits per heavy atom. The Balaban J connectivity index is 1.79. The van der Waals surface area contributed by atoms with Gasteiger partial charge in [0.05, 0.1) is 5.69 Å². The average Bonchev–Trinajstić information content (AvgIpc) is 2.97. The van der Waals surface area contributed by atoms with Crippen LogP contribution in [-0.4, -0.2) is 10.9 Å². The van der Waals surface area contributed by atoms with Crippen LogP contribution in [0.1, 0.15) is 25.1 Å². The van der Waals surface area contributed by atoms with E-state index >= 15 is 0 Å². The predicted molar refractivity (Wildman–Crippen MR) is 106 cm³/mol. The van der Waals surface area contributed by atoms with E-state index in [0.29, 0.717) is 12.3 Å². The first-order chi connectivity index (χ1) is 12.0. The predicted octanol–water partition coefficient (Wildman–Crippen LogP) is 5.77. The molecule has 0 aliphatic carbocycles. The van der Waals surface area contributed by atoms with Crippen LogP contribution in [0.25, 0.3) is 21.8 Å². The summed E-state index contributed by atoms with van der Waals surface area (Å²) in [7, 11) is 0. The highest BCUT2D eigenvalue weighted by molar-refractivity contribution is 7.15. The minimum Gasteiger partial charge on any atom is -0.326 e. The topological polar surface area (TPSA) is 42.0 Å². The zero-order chi connectivity index (χ0) is 17.8. The molecule has 3 aromatic rings. The molecule has 0 spiro atoms. The molecule has 128 valence electrons. The van der Waals surface area contributed by atoms with Gasteiger partial charge in [0.2, 0.25) is 5.91 Å². The van der Waals surface area contributed by atoms with Crippen molar-refractivity contribution in [2.75, 3.05) is 5.32 Å². The summed E-state index contributed by atoms with van der Waals surface area (Å²) in [6, 6.07) is 18.1. The van der Waals surface area contributed by atoms with Crippen LogP contribution in [0.4, 0.5) is 5.69 Å². The van der Waals surface area contributed by atoms with Crippen LogP contribution in [-0.2, 0) is 4.79 Å². The van der Waals surface area contributed by atoms with E-state index in [-0.39, 0.29) is 5.91 Å². The first-order valence-electron chi connectivity index (χ1n) is 8.46. The van der Waals surface area contributed by atoms with Gasteiger partial charge in [0.1, 0.15) is 5.01 Å². The molecule has 1 amide bonds. The fraction of sp³-hybridized carbons (Fsp3) is 0.238. The normalized spacial score (nSPS) is 10.9. The van der Waals surface area contributed by atoms with Crippen molar-refractivity contribution in [3.05, 3.63) is 59.5 Å². The SMILES string of the molecule is Cc1sc(-c2ccccc2)nc1-c1ccc(NC(=O)CC(C)C)cc1. The molecule has 0 saturated heterocycles. The fourth-order valence-corrected chi connectivity index (χ4v) is 3.60. The number of hydrogen-bond donors (Lipinski definition) is 1. The van der Waals surface area contributed by atoms with Crippen LogP contribution in [0.2, 0.25) is 0 Å². The molecule has 0 fully saturated rings. The molecule has 3 nitrogen and oxygen atoms in total. The van der Waals surface area contributed by atoms with Crippen molar-refractivity contribution in [1.82, 2.24) is 4.98 Å². The number of rotatable bonds is 5. The van der Waals surface area contributed by atoms with Gasteiger partial charge in [-0.05, 0) is 25.0 Å². The number of hydrogen-bond acceptors (Lipinski definition) is 3. The number of nitrogens with zero attached hydrogens (tertiary/aromatic N) is 1. The summed E-state index contributed by atoms with van der Waals surface area (Å²) in [5.74, 6) is 0.410. The van der Waals surface area contributed by atoms with E-state index < -0.39 is 0 Å². The van der Waals surface area contributed by atoms with Crippen LogP contribution in [0.15, 0.2) is 54.6 Å². The molecule has 2 aromatic carbocycles. The maximum atomic E-state index is 11.9. The number of thiazole rings is 1. The number of nitrogens with one attached hydrogen (secondary N) is 1. The summed E-state index contributed by atoms with van der Waals surface area (Å²) in [5, 5.41) is 3.97. The number of benzene rings is 2. The number of anilines is 1. The van der Waals surface area contributed by atoms with Crippen molar-refractivity contribution in [3.8, 4) is 21.8 Å². The molecule has 4 heteroatoms. The van der Waals surface area contributed by atoms with E-state index in [2.05, 4.69) is 24.4 Å². The Kier molecular flexibility index (Phi) is 5.29. The molecule has 1 heterocycles. The number of amides is 1. The van der Waals surface area contributed by atoms with Crippen LogP contribution >= 0.6 is 11.3 Å². The largest absolute Gasteiger partial charge is 0.326 e. The lowest BCUT2D eigenvalue weighted by Gasteiger charge is -2.07. The minimum atomic E-state index is 0.0546. The molecular weight excluding hydrogens is 328 g/mol. The lowest BCUT2D eigenvalue weighted by Crippen LogP contribution is -2.13. The lowest BCUT2D eigenvalue weighted by molar-refractivity contribution is -0.116. The molecule has 0 bridgehead atoms. The van der Waals surface area contributed by atoms with Gasteiger partial charge in [-0.15, -0.1) is 11.3 Å². The first-order valence-corrected chi connectivity index (χ1v) is 9.27. The second kappa shape index (κ2) is 7.62. The highest BCUT2D eigenvalue weighted by Gasteiger charge is 2.11. The Labute approximate surface area is 152 Å². The summed E-state index contributed by atoms with van der Waals surface area (Å²) in [6.07, 6.45) is 0.535. The number of aryl methyl sites for hydroxylation is 1. The molecule has 0 radical (unpaired) electrons. The third kappa shape index (κ3) is 4.34. The van der Waals surface area contributed by atoms with E-state index in [1.54, 1.807) is 11.3 Å². The van der Waals surface area contributed by atoms with Crippen LogP contribution in [0.5, 0.6) is 0 Å². The summed E-state index contributed by atoms with van der Waals surface area (Å²) in [6.45, 7) is 6.17. The van der Waals surface area contributed by atoms with E-state index in [1.165, 1.54) is 4.88 Å². The maximum absolute atomic E-state index is 11.9. The number of carbonyl (C=O) groups excluding carboxylic acids is 1. The minimum absolute atomic E-state index is 0.0546. The highest BCUT2D eigenvalue weighted by atomic mass is 32.1. The van der Waals surface area contributed by atoms with Gasteiger partial charge in [0.25, 0.3) is 0 Å². The molecule has 1 N–H and O–H groups in total. The quantitative estimate of drug-likeness (QED) is 0.634. The van der Waals surface area contributed by atoms with Crippen molar-refractivity contribution in [2.24, 2.45) is 5.92 Å². The number of carbonyl (C=O) groups is 1. The molecule has 0 aliphatic rings. The molecule has 0 unspecified atom stereocenters. The second-order valence-corrected chi connectivity index (χ2v) is 7.72. The van der Waals surface area contributed by atoms with E-state index in [1.807, 2.05) is 56.3 Å². The monoisotopic (exact) mass is 350 g/mol. The summed E-state index contributed by atoms with van der Waals surface area (Å²) in [4.78, 5) is 17.9. The van der Waals surface area contributed by atoms with Gasteiger partial charge in [-0.25, -0.2) is 4.98 Å². The molecule has 0 saturated carbocycles. The van der Waals surface area contributed by atoms with Crippen molar-refractivity contribution < 1.29 is 4.79 Å². The van der Waals surface area contributed by atoms with Crippen molar-refractivity contribution >= 4 is 22.9 Å². The zero-order valence-electron chi connectivity index (χ0n) is 14.7. The molecule has 25 heavy (non-hydrogen) atoms.